The van der Waals surface area contributed by atoms with E-state index in [1.807, 2.05) is 4.90 Å². The molecule has 38 heavy (non-hydrogen) atoms. The van der Waals surface area contributed by atoms with Crippen LogP contribution in [-0.4, -0.2) is 65.0 Å². The van der Waals surface area contributed by atoms with E-state index in [0.717, 1.165) is 0 Å². The molecule has 1 aromatic heterocycles. The number of benzene rings is 2. The van der Waals surface area contributed by atoms with Crippen LogP contribution in [0.15, 0.2) is 48.7 Å². The molecule has 0 spiro atoms. The van der Waals surface area contributed by atoms with Crippen LogP contribution in [0.4, 0.5) is 21.5 Å². The number of pyridine rings is 1. The predicted molar refractivity (Wildman–Crippen MR) is 145 cm³/mol. The number of hydrogen-bond acceptors (Lipinski definition) is 8. The first-order valence-electron chi connectivity index (χ1n) is 11.8. The topological polar surface area (TPSA) is 131 Å². The zero-order chi connectivity index (χ0) is 27.8. The molecule has 0 saturated heterocycles. The van der Waals surface area contributed by atoms with Gasteiger partial charge in [-0.3, -0.25) is 14.7 Å². The van der Waals surface area contributed by atoms with Gasteiger partial charge in [-0.1, -0.05) is 17.7 Å². The molecule has 3 aromatic rings. The molecule has 2 atom stereocenters. The van der Waals surface area contributed by atoms with Gasteiger partial charge in [0.1, 0.15) is 17.6 Å². The standard InChI is InChI=1S/C27H29ClFN5O4/c1-16(35)14-34(15-17(2)36)8-4-5-26(37)33-24-10-20-23(11-25(24)38-3)31-13-18(12-30)27(20)32-19-6-7-22(29)21(28)9-19/h4-7,9-11,13,16-17,35-36H,8,14-15H2,1-3H3,(H,31,32)(H,33,37)/b5-4+. The van der Waals surface area contributed by atoms with Gasteiger partial charge in [0.25, 0.3) is 0 Å². The molecule has 0 saturated carbocycles. The second-order valence-electron chi connectivity index (χ2n) is 8.79. The first-order valence-corrected chi connectivity index (χ1v) is 12.2. The highest BCUT2D eigenvalue weighted by molar-refractivity contribution is 6.31. The van der Waals surface area contributed by atoms with Crippen LogP contribution in [0.25, 0.3) is 10.9 Å². The summed E-state index contributed by atoms with van der Waals surface area (Å²) in [5, 5.41) is 35.3. The number of rotatable bonds is 11. The van der Waals surface area contributed by atoms with Gasteiger partial charge in [0.2, 0.25) is 5.91 Å². The summed E-state index contributed by atoms with van der Waals surface area (Å²) in [6.07, 6.45) is 3.22. The molecule has 11 heteroatoms. The molecule has 0 aliphatic heterocycles. The van der Waals surface area contributed by atoms with Crippen LogP contribution >= 0.6 is 11.6 Å². The summed E-state index contributed by atoms with van der Waals surface area (Å²) in [4.78, 5) is 18.9. The van der Waals surface area contributed by atoms with Crippen molar-refractivity contribution in [2.45, 2.75) is 26.1 Å². The van der Waals surface area contributed by atoms with Crippen LogP contribution in [0.5, 0.6) is 5.75 Å². The van der Waals surface area contributed by atoms with Crippen molar-refractivity contribution in [1.29, 1.82) is 5.26 Å². The Morgan fingerprint density at radius 1 is 1.26 bits per heavy atom. The summed E-state index contributed by atoms with van der Waals surface area (Å²) >= 11 is 5.91. The van der Waals surface area contributed by atoms with Gasteiger partial charge in [-0.05, 0) is 38.1 Å². The smallest absolute Gasteiger partial charge is 0.248 e. The highest BCUT2D eigenvalue weighted by atomic mass is 35.5. The highest BCUT2D eigenvalue weighted by Crippen LogP contribution is 2.36. The number of nitrogens with one attached hydrogen (secondary N) is 2. The van der Waals surface area contributed by atoms with E-state index >= 15 is 0 Å². The van der Waals surface area contributed by atoms with Crippen molar-refractivity contribution < 1.29 is 24.1 Å². The highest BCUT2D eigenvalue weighted by Gasteiger charge is 2.16. The third-order valence-electron chi connectivity index (χ3n) is 5.43. The number of carbonyl (C=O) groups is 1. The van der Waals surface area contributed by atoms with E-state index in [0.29, 0.717) is 53.3 Å². The largest absolute Gasteiger partial charge is 0.494 e. The van der Waals surface area contributed by atoms with Crippen molar-refractivity contribution >= 4 is 45.5 Å². The second-order valence-corrected chi connectivity index (χ2v) is 9.20. The van der Waals surface area contributed by atoms with Crippen molar-refractivity contribution in [3.05, 3.63) is 65.1 Å². The van der Waals surface area contributed by atoms with Gasteiger partial charge in [-0.15, -0.1) is 0 Å². The molecule has 2 unspecified atom stereocenters. The lowest BCUT2D eigenvalue weighted by Crippen LogP contribution is -2.36. The van der Waals surface area contributed by atoms with Gasteiger partial charge >= 0.3 is 0 Å². The lowest BCUT2D eigenvalue weighted by molar-refractivity contribution is -0.111. The maximum Gasteiger partial charge on any atom is 0.248 e. The third kappa shape index (κ3) is 7.63. The first kappa shape index (κ1) is 28.8. The number of ether oxygens (including phenoxy) is 1. The third-order valence-corrected chi connectivity index (χ3v) is 5.72. The number of aliphatic hydroxyl groups is 2. The van der Waals surface area contributed by atoms with Crippen molar-refractivity contribution in [2.24, 2.45) is 0 Å². The van der Waals surface area contributed by atoms with Crippen LogP contribution in [0.3, 0.4) is 0 Å². The normalized spacial score (nSPS) is 12.9. The molecule has 3 rings (SSSR count). The van der Waals surface area contributed by atoms with E-state index < -0.39 is 23.9 Å². The van der Waals surface area contributed by atoms with Gasteiger partial charge in [0.15, 0.2) is 0 Å². The lowest BCUT2D eigenvalue weighted by Gasteiger charge is -2.23. The lowest BCUT2D eigenvalue weighted by atomic mass is 10.1. The summed E-state index contributed by atoms with van der Waals surface area (Å²) < 4.78 is 19.1. The van der Waals surface area contributed by atoms with Crippen LogP contribution in [0.2, 0.25) is 5.02 Å². The zero-order valence-electron chi connectivity index (χ0n) is 21.2. The van der Waals surface area contributed by atoms with Gasteiger partial charge < -0.3 is 25.6 Å². The van der Waals surface area contributed by atoms with Crippen LogP contribution in [-0.2, 0) is 4.79 Å². The van der Waals surface area contributed by atoms with E-state index in [9.17, 15) is 24.7 Å². The van der Waals surface area contributed by atoms with Gasteiger partial charge in [0.05, 0.1) is 46.8 Å². The minimum absolute atomic E-state index is 0.0752. The van der Waals surface area contributed by atoms with E-state index in [1.54, 1.807) is 32.1 Å². The SMILES string of the molecule is COc1cc2ncc(C#N)c(Nc3ccc(F)c(Cl)c3)c2cc1NC(=O)/C=C/CN(CC(C)O)CC(C)O. The minimum atomic E-state index is -0.585. The molecular formula is C27H29ClFN5O4. The van der Waals surface area contributed by atoms with Crippen LogP contribution < -0.4 is 15.4 Å². The number of methoxy groups -OCH3 is 1. The Morgan fingerprint density at radius 2 is 1.97 bits per heavy atom. The molecule has 1 heterocycles. The number of nitrogens with zero attached hydrogens (tertiary/aromatic N) is 3. The molecule has 0 aliphatic carbocycles. The summed E-state index contributed by atoms with van der Waals surface area (Å²) in [6, 6.07) is 9.46. The molecular weight excluding hydrogens is 513 g/mol. The summed E-state index contributed by atoms with van der Waals surface area (Å²) in [5.41, 5.74) is 1.94. The predicted octanol–water partition coefficient (Wildman–Crippen LogP) is 4.21. The maximum absolute atomic E-state index is 13.6. The van der Waals surface area contributed by atoms with Gasteiger partial charge in [-0.25, -0.2) is 4.39 Å². The molecule has 2 aromatic carbocycles. The number of carbonyl (C=O) groups excluding carboxylic acids is 1. The number of aromatic nitrogens is 1. The Bertz CT molecular complexity index is 1360. The van der Waals surface area contributed by atoms with Crippen molar-refractivity contribution in [3.63, 3.8) is 0 Å². The molecule has 0 aliphatic rings. The summed E-state index contributed by atoms with van der Waals surface area (Å²) in [5.74, 6) is -0.641. The van der Waals surface area contributed by atoms with Crippen LogP contribution in [0.1, 0.15) is 19.4 Å². The average Bonchev–Trinajstić information content (AvgIpc) is 2.85. The molecule has 200 valence electrons. The van der Waals surface area contributed by atoms with E-state index in [-0.39, 0.29) is 10.6 Å². The molecule has 0 radical (unpaired) electrons. The second kappa shape index (κ2) is 13.2. The summed E-state index contributed by atoms with van der Waals surface area (Å²) in [7, 11) is 1.46. The number of halogens is 2. The number of anilines is 3. The fourth-order valence-corrected chi connectivity index (χ4v) is 4.06. The first-order chi connectivity index (χ1) is 18.1. The Balaban J connectivity index is 1.90. The van der Waals surface area contributed by atoms with Crippen LogP contribution in [0, 0.1) is 17.1 Å². The maximum atomic E-state index is 13.6. The van der Waals surface area contributed by atoms with Crippen molar-refractivity contribution in [2.75, 3.05) is 37.4 Å². The van der Waals surface area contributed by atoms with E-state index in [2.05, 4.69) is 21.7 Å². The Kier molecular flexibility index (Phi) is 9.98. The number of nitriles is 1. The Morgan fingerprint density at radius 3 is 2.58 bits per heavy atom. The fourth-order valence-electron chi connectivity index (χ4n) is 3.88. The molecule has 4 N–H and O–H groups in total. The number of fused-ring (bicyclic) bond motifs is 1. The molecule has 0 bridgehead atoms. The monoisotopic (exact) mass is 541 g/mol. The van der Waals surface area contributed by atoms with Gasteiger partial charge in [-0.2, -0.15) is 5.26 Å². The molecule has 0 fully saturated rings. The Hall–Kier alpha value is -3.75. The van der Waals surface area contributed by atoms with Crippen molar-refractivity contribution in [1.82, 2.24) is 9.88 Å². The molecule has 9 nitrogen and oxygen atoms in total. The van der Waals surface area contributed by atoms with E-state index in [1.165, 1.54) is 37.6 Å². The molecule has 1 amide bonds. The Labute approximate surface area is 225 Å². The minimum Gasteiger partial charge on any atom is -0.494 e. The average molecular weight is 542 g/mol. The number of amides is 1. The number of aliphatic hydroxyl groups excluding tert-OH is 2. The van der Waals surface area contributed by atoms with Crippen molar-refractivity contribution in [3.8, 4) is 11.8 Å². The summed E-state index contributed by atoms with van der Waals surface area (Å²) in [6.45, 7) is 4.34. The number of hydrogen-bond donors (Lipinski definition) is 4. The van der Waals surface area contributed by atoms with Gasteiger partial charge in [0, 0.05) is 49.0 Å². The zero-order valence-corrected chi connectivity index (χ0v) is 22.0. The van der Waals surface area contributed by atoms with E-state index in [4.69, 9.17) is 16.3 Å². The fraction of sp³-hybridized carbons (Fsp3) is 0.296. The quantitative estimate of drug-likeness (QED) is 0.266.